The summed E-state index contributed by atoms with van der Waals surface area (Å²) < 4.78 is 6.11. The van der Waals surface area contributed by atoms with Crippen LogP contribution in [0.25, 0.3) is 0 Å². The second kappa shape index (κ2) is 5.08. The van der Waals surface area contributed by atoms with Crippen LogP contribution in [0.3, 0.4) is 0 Å². The summed E-state index contributed by atoms with van der Waals surface area (Å²) in [5.74, 6) is 2.50. The van der Waals surface area contributed by atoms with Crippen molar-refractivity contribution in [2.75, 3.05) is 31.2 Å². The van der Waals surface area contributed by atoms with Crippen LogP contribution in [0.5, 0.6) is 0 Å². The molecule has 17 heavy (non-hydrogen) atoms. The zero-order valence-corrected chi connectivity index (χ0v) is 11.4. The highest BCUT2D eigenvalue weighted by atomic mass is 32.2. The molecule has 2 N–H and O–H groups in total. The van der Waals surface area contributed by atoms with E-state index >= 15 is 0 Å². The first-order valence-corrected chi connectivity index (χ1v) is 8.16. The second-order valence-electron chi connectivity index (χ2n) is 5.74. The van der Waals surface area contributed by atoms with Crippen molar-refractivity contribution in [3.63, 3.8) is 0 Å². The number of ether oxygens (including phenoxy) is 1. The molecule has 3 rings (SSSR count). The van der Waals surface area contributed by atoms with Gasteiger partial charge in [0.1, 0.15) is 0 Å². The van der Waals surface area contributed by atoms with Crippen LogP contribution >= 0.6 is 11.8 Å². The number of hydrogen-bond donors (Lipinski definition) is 1. The Hall–Kier alpha value is 0.230. The molecule has 0 amide bonds. The Labute approximate surface area is 108 Å². The number of nitrogens with two attached hydrogens (primary N) is 1. The summed E-state index contributed by atoms with van der Waals surface area (Å²) in [5, 5.41) is 0. The molecule has 1 aliphatic carbocycles. The molecule has 2 saturated heterocycles. The fourth-order valence-corrected chi connectivity index (χ4v) is 4.75. The third-order valence-electron chi connectivity index (χ3n) is 4.41. The van der Waals surface area contributed by atoms with Crippen LogP contribution in [0.2, 0.25) is 0 Å². The van der Waals surface area contributed by atoms with Crippen LogP contribution < -0.4 is 5.73 Å². The van der Waals surface area contributed by atoms with Crippen LogP contribution in [0.1, 0.15) is 32.1 Å². The minimum atomic E-state index is 0.218. The summed E-state index contributed by atoms with van der Waals surface area (Å²) in [5.41, 5.74) is 5.99. The highest BCUT2D eigenvalue weighted by Crippen LogP contribution is 2.41. The Morgan fingerprint density at radius 1 is 1.29 bits per heavy atom. The highest BCUT2D eigenvalue weighted by molar-refractivity contribution is 7.99. The Bertz CT molecular complexity index is 264. The molecule has 98 valence electrons. The summed E-state index contributed by atoms with van der Waals surface area (Å²) in [4.78, 5) is 2.69. The minimum Gasteiger partial charge on any atom is -0.374 e. The van der Waals surface area contributed by atoms with E-state index in [0.717, 1.165) is 31.8 Å². The summed E-state index contributed by atoms with van der Waals surface area (Å²) in [7, 11) is 0. The lowest BCUT2D eigenvalue weighted by Crippen LogP contribution is -2.50. The number of rotatable bonds is 4. The molecular formula is C13H24N2OS. The fraction of sp³-hybridized carbons (Fsp3) is 1.00. The molecule has 2 heterocycles. The largest absolute Gasteiger partial charge is 0.374 e. The zero-order chi connectivity index (χ0) is 11.7. The topological polar surface area (TPSA) is 38.5 Å². The monoisotopic (exact) mass is 256 g/mol. The van der Waals surface area contributed by atoms with Crippen LogP contribution in [-0.4, -0.2) is 53.8 Å². The van der Waals surface area contributed by atoms with Crippen LogP contribution in [0, 0.1) is 0 Å². The molecule has 2 atom stereocenters. The van der Waals surface area contributed by atoms with E-state index in [0.29, 0.717) is 0 Å². The summed E-state index contributed by atoms with van der Waals surface area (Å²) >= 11 is 2.06. The van der Waals surface area contributed by atoms with E-state index in [-0.39, 0.29) is 5.60 Å². The van der Waals surface area contributed by atoms with Crippen molar-refractivity contribution in [2.45, 2.75) is 49.8 Å². The van der Waals surface area contributed by atoms with Gasteiger partial charge in [0.05, 0.1) is 5.60 Å². The first-order chi connectivity index (χ1) is 8.33. The molecule has 2 unspecified atom stereocenters. The van der Waals surface area contributed by atoms with E-state index in [4.69, 9.17) is 10.5 Å². The van der Waals surface area contributed by atoms with Crippen molar-refractivity contribution in [1.82, 2.24) is 4.90 Å². The second-order valence-corrected chi connectivity index (χ2v) is 6.84. The van der Waals surface area contributed by atoms with Crippen molar-refractivity contribution in [3.05, 3.63) is 0 Å². The third kappa shape index (κ3) is 2.65. The van der Waals surface area contributed by atoms with Gasteiger partial charge in [-0.15, -0.1) is 0 Å². The van der Waals surface area contributed by atoms with E-state index < -0.39 is 0 Å². The van der Waals surface area contributed by atoms with E-state index in [1.165, 1.54) is 43.6 Å². The SMILES string of the molecule is NCCN(C1CC1)C1CCOC2(CCSC2)C1. The van der Waals surface area contributed by atoms with Gasteiger partial charge < -0.3 is 10.5 Å². The lowest BCUT2D eigenvalue weighted by molar-refractivity contribution is -0.0904. The van der Waals surface area contributed by atoms with Gasteiger partial charge in [-0.3, -0.25) is 4.90 Å². The first-order valence-electron chi connectivity index (χ1n) is 7.00. The molecule has 0 aromatic rings. The summed E-state index contributed by atoms with van der Waals surface area (Å²) in [6, 6.07) is 1.58. The fourth-order valence-electron chi connectivity index (χ4n) is 3.37. The van der Waals surface area contributed by atoms with E-state index in [1.807, 2.05) is 0 Å². The predicted octanol–water partition coefficient (Wildman–Crippen LogP) is 1.46. The predicted molar refractivity (Wildman–Crippen MR) is 72.4 cm³/mol. The smallest absolute Gasteiger partial charge is 0.0795 e. The Kier molecular flexibility index (Phi) is 3.67. The molecule has 0 aromatic carbocycles. The van der Waals surface area contributed by atoms with Gasteiger partial charge in [-0.25, -0.2) is 0 Å². The quantitative estimate of drug-likeness (QED) is 0.826. The first kappa shape index (κ1) is 12.3. The molecule has 3 aliphatic rings. The van der Waals surface area contributed by atoms with Crippen molar-refractivity contribution >= 4 is 11.8 Å². The molecule has 2 aliphatic heterocycles. The van der Waals surface area contributed by atoms with Crippen LogP contribution in [0.4, 0.5) is 0 Å². The van der Waals surface area contributed by atoms with Crippen molar-refractivity contribution in [2.24, 2.45) is 5.73 Å². The molecule has 1 spiro atoms. The van der Waals surface area contributed by atoms with Gasteiger partial charge in [0, 0.05) is 37.5 Å². The lowest BCUT2D eigenvalue weighted by atomic mass is 9.89. The van der Waals surface area contributed by atoms with Gasteiger partial charge in [-0.2, -0.15) is 11.8 Å². The molecule has 4 heteroatoms. The van der Waals surface area contributed by atoms with E-state index in [2.05, 4.69) is 16.7 Å². The van der Waals surface area contributed by atoms with Gasteiger partial charge in [0.2, 0.25) is 0 Å². The molecule has 3 fully saturated rings. The Morgan fingerprint density at radius 2 is 2.18 bits per heavy atom. The molecule has 3 nitrogen and oxygen atoms in total. The molecule has 0 aromatic heterocycles. The summed E-state index contributed by atoms with van der Waals surface area (Å²) in [6.45, 7) is 2.84. The maximum absolute atomic E-state index is 6.11. The van der Waals surface area contributed by atoms with Gasteiger partial charge in [-0.05, 0) is 37.9 Å². The summed E-state index contributed by atoms with van der Waals surface area (Å²) in [6.07, 6.45) is 6.49. The minimum absolute atomic E-state index is 0.218. The van der Waals surface area contributed by atoms with Gasteiger partial charge in [0.25, 0.3) is 0 Å². The van der Waals surface area contributed by atoms with Gasteiger partial charge in [-0.1, -0.05) is 0 Å². The van der Waals surface area contributed by atoms with Crippen molar-refractivity contribution < 1.29 is 4.74 Å². The average Bonchev–Trinajstić information content (AvgIpc) is 3.09. The Balaban J connectivity index is 1.65. The third-order valence-corrected chi connectivity index (χ3v) is 5.63. The molecule has 0 radical (unpaired) electrons. The van der Waals surface area contributed by atoms with Crippen LogP contribution in [0.15, 0.2) is 0 Å². The van der Waals surface area contributed by atoms with Crippen LogP contribution in [-0.2, 0) is 4.74 Å². The van der Waals surface area contributed by atoms with Gasteiger partial charge in [0.15, 0.2) is 0 Å². The average molecular weight is 256 g/mol. The number of thioether (sulfide) groups is 1. The van der Waals surface area contributed by atoms with Crippen molar-refractivity contribution in [1.29, 1.82) is 0 Å². The Morgan fingerprint density at radius 3 is 2.82 bits per heavy atom. The molecule has 1 saturated carbocycles. The maximum atomic E-state index is 6.11. The molecule has 0 bridgehead atoms. The number of hydrogen-bond acceptors (Lipinski definition) is 4. The molecular weight excluding hydrogens is 232 g/mol. The zero-order valence-electron chi connectivity index (χ0n) is 10.6. The van der Waals surface area contributed by atoms with Crippen molar-refractivity contribution in [3.8, 4) is 0 Å². The van der Waals surface area contributed by atoms with E-state index in [1.54, 1.807) is 0 Å². The maximum Gasteiger partial charge on any atom is 0.0795 e. The normalized spacial score (nSPS) is 38.1. The lowest BCUT2D eigenvalue weighted by Gasteiger charge is -2.42. The standard InChI is InChI=1S/C13H24N2OS/c14-5-6-15(11-1-2-11)12-3-7-16-13(9-12)4-8-17-10-13/h11-12H,1-10,14H2. The van der Waals surface area contributed by atoms with E-state index in [9.17, 15) is 0 Å². The van der Waals surface area contributed by atoms with Gasteiger partial charge >= 0.3 is 0 Å². The number of nitrogens with zero attached hydrogens (tertiary/aromatic N) is 1. The highest BCUT2D eigenvalue weighted by Gasteiger charge is 2.44.